The Morgan fingerprint density at radius 2 is 1.97 bits per heavy atom. The van der Waals surface area contributed by atoms with Crippen LogP contribution in [0.25, 0.3) is 0 Å². The van der Waals surface area contributed by atoms with E-state index in [0.29, 0.717) is 35.7 Å². The summed E-state index contributed by atoms with van der Waals surface area (Å²) >= 11 is 6.13. The minimum atomic E-state index is -4.04. The Labute approximate surface area is 190 Å². The standard InChI is InChI=1S/C21H21ClN4O5S/c1-2-30-16-8-6-15(7-9-16)26-32(28,29)18-11-14(5-10-17(18)22)21(27)23-12-19-24-20(25-31-19)13-3-4-13/h5-11,13,26H,2-4,12H2,1H3,(H,23,27). The zero-order valence-electron chi connectivity index (χ0n) is 17.2. The van der Waals surface area contributed by atoms with E-state index < -0.39 is 15.9 Å². The molecule has 0 saturated heterocycles. The van der Waals surface area contributed by atoms with Crippen molar-refractivity contribution in [3.05, 3.63) is 64.8 Å². The summed E-state index contributed by atoms with van der Waals surface area (Å²) < 4.78 is 38.7. The molecule has 168 valence electrons. The lowest BCUT2D eigenvalue weighted by Gasteiger charge is -2.12. The maximum absolute atomic E-state index is 12.9. The van der Waals surface area contributed by atoms with Gasteiger partial charge in [-0.2, -0.15) is 4.98 Å². The van der Waals surface area contributed by atoms with Gasteiger partial charge in [0.1, 0.15) is 10.6 Å². The van der Waals surface area contributed by atoms with Crippen molar-refractivity contribution < 1.29 is 22.5 Å². The fourth-order valence-corrected chi connectivity index (χ4v) is 4.54. The van der Waals surface area contributed by atoms with Crippen LogP contribution in [0.4, 0.5) is 5.69 Å². The number of aromatic nitrogens is 2. The summed E-state index contributed by atoms with van der Waals surface area (Å²) in [5, 5.41) is 6.53. The molecular formula is C21H21ClN4O5S. The second-order valence-electron chi connectivity index (χ2n) is 7.21. The lowest BCUT2D eigenvalue weighted by atomic mass is 10.2. The number of nitrogens with one attached hydrogen (secondary N) is 2. The van der Waals surface area contributed by atoms with E-state index in [9.17, 15) is 13.2 Å². The van der Waals surface area contributed by atoms with Crippen LogP contribution in [0.2, 0.25) is 5.02 Å². The molecule has 2 aromatic carbocycles. The third-order valence-electron chi connectivity index (χ3n) is 4.73. The monoisotopic (exact) mass is 476 g/mol. The smallest absolute Gasteiger partial charge is 0.263 e. The van der Waals surface area contributed by atoms with E-state index >= 15 is 0 Å². The molecule has 1 aromatic heterocycles. The molecule has 0 aliphatic heterocycles. The predicted octanol–water partition coefficient (Wildman–Crippen LogP) is 3.73. The third kappa shape index (κ3) is 5.20. The van der Waals surface area contributed by atoms with E-state index in [1.54, 1.807) is 24.3 Å². The molecule has 2 N–H and O–H groups in total. The topological polar surface area (TPSA) is 123 Å². The molecule has 1 aliphatic carbocycles. The van der Waals surface area contributed by atoms with Gasteiger partial charge in [0.2, 0.25) is 5.89 Å². The van der Waals surface area contributed by atoms with Gasteiger partial charge in [-0.15, -0.1) is 0 Å². The predicted molar refractivity (Wildman–Crippen MR) is 117 cm³/mol. The molecule has 0 spiro atoms. The Bertz CT molecular complexity index is 1220. The van der Waals surface area contributed by atoms with Crippen LogP contribution in [0.1, 0.15) is 47.8 Å². The van der Waals surface area contributed by atoms with Gasteiger partial charge in [-0.25, -0.2) is 8.42 Å². The van der Waals surface area contributed by atoms with Crippen molar-refractivity contribution in [2.75, 3.05) is 11.3 Å². The van der Waals surface area contributed by atoms with Crippen LogP contribution in [-0.2, 0) is 16.6 Å². The summed E-state index contributed by atoms with van der Waals surface area (Å²) in [6, 6.07) is 10.5. The van der Waals surface area contributed by atoms with Crippen LogP contribution < -0.4 is 14.8 Å². The first kappa shape index (κ1) is 22.1. The van der Waals surface area contributed by atoms with Crippen LogP contribution in [0, 0.1) is 0 Å². The molecule has 0 radical (unpaired) electrons. The molecule has 32 heavy (non-hydrogen) atoms. The minimum absolute atomic E-state index is 0.00837. The summed E-state index contributed by atoms with van der Waals surface area (Å²) in [6.45, 7) is 2.40. The summed E-state index contributed by atoms with van der Waals surface area (Å²) in [5.41, 5.74) is 0.464. The highest BCUT2D eigenvalue weighted by molar-refractivity contribution is 7.92. The first-order chi connectivity index (χ1) is 15.4. The van der Waals surface area contributed by atoms with Crippen molar-refractivity contribution in [3.8, 4) is 5.75 Å². The summed E-state index contributed by atoms with van der Waals surface area (Å²) in [4.78, 5) is 16.6. The van der Waals surface area contributed by atoms with Gasteiger partial charge in [0.05, 0.1) is 18.2 Å². The van der Waals surface area contributed by atoms with Gasteiger partial charge in [0, 0.05) is 17.2 Å². The molecule has 9 nitrogen and oxygen atoms in total. The number of hydrogen-bond donors (Lipinski definition) is 2. The van der Waals surface area contributed by atoms with E-state index in [2.05, 4.69) is 20.2 Å². The quantitative estimate of drug-likeness (QED) is 0.482. The SMILES string of the molecule is CCOc1ccc(NS(=O)(=O)c2cc(C(=O)NCc3nc(C4CC4)no3)ccc2Cl)cc1. The fourth-order valence-electron chi connectivity index (χ4n) is 2.95. The van der Waals surface area contributed by atoms with Gasteiger partial charge in [-0.3, -0.25) is 9.52 Å². The van der Waals surface area contributed by atoms with Crippen molar-refractivity contribution in [2.45, 2.75) is 37.1 Å². The number of halogens is 1. The molecule has 1 fully saturated rings. The van der Waals surface area contributed by atoms with Gasteiger partial charge in [-0.05, 0) is 62.2 Å². The Kier molecular flexibility index (Phi) is 6.33. The molecular weight excluding hydrogens is 456 g/mol. The van der Waals surface area contributed by atoms with E-state index in [1.165, 1.54) is 18.2 Å². The number of ether oxygens (including phenoxy) is 1. The van der Waals surface area contributed by atoms with Gasteiger partial charge in [-0.1, -0.05) is 16.8 Å². The molecule has 0 unspecified atom stereocenters. The second-order valence-corrected chi connectivity index (χ2v) is 9.27. The van der Waals surface area contributed by atoms with Gasteiger partial charge in [0.25, 0.3) is 15.9 Å². The fraction of sp³-hybridized carbons (Fsp3) is 0.286. The van der Waals surface area contributed by atoms with Crippen molar-refractivity contribution in [1.82, 2.24) is 15.5 Å². The zero-order chi connectivity index (χ0) is 22.7. The second kappa shape index (κ2) is 9.17. The van der Waals surface area contributed by atoms with Crippen LogP contribution in [0.3, 0.4) is 0 Å². The Hall–Kier alpha value is -3.11. The molecule has 1 heterocycles. The Morgan fingerprint density at radius 1 is 1.22 bits per heavy atom. The van der Waals surface area contributed by atoms with Gasteiger partial charge >= 0.3 is 0 Å². The summed E-state index contributed by atoms with van der Waals surface area (Å²) in [7, 11) is -4.04. The average molecular weight is 477 g/mol. The van der Waals surface area contributed by atoms with Gasteiger partial charge in [0.15, 0.2) is 5.82 Å². The van der Waals surface area contributed by atoms with Crippen LogP contribution in [0.5, 0.6) is 5.75 Å². The molecule has 1 saturated carbocycles. The van der Waals surface area contributed by atoms with Crippen LogP contribution >= 0.6 is 11.6 Å². The Morgan fingerprint density at radius 3 is 2.66 bits per heavy atom. The lowest BCUT2D eigenvalue weighted by molar-refractivity contribution is 0.0946. The number of rotatable bonds is 9. The lowest BCUT2D eigenvalue weighted by Crippen LogP contribution is -2.23. The molecule has 0 bridgehead atoms. The molecule has 1 amide bonds. The molecule has 3 aromatic rings. The number of carbonyl (C=O) groups is 1. The maximum atomic E-state index is 12.9. The Balaban J connectivity index is 1.45. The maximum Gasteiger partial charge on any atom is 0.263 e. The molecule has 0 atom stereocenters. The minimum Gasteiger partial charge on any atom is -0.494 e. The normalized spacial score (nSPS) is 13.6. The number of sulfonamides is 1. The van der Waals surface area contributed by atoms with Crippen molar-refractivity contribution in [3.63, 3.8) is 0 Å². The van der Waals surface area contributed by atoms with E-state index in [4.69, 9.17) is 20.9 Å². The number of carbonyl (C=O) groups excluding carboxylic acids is 1. The number of hydrogen-bond acceptors (Lipinski definition) is 7. The zero-order valence-corrected chi connectivity index (χ0v) is 18.7. The first-order valence-corrected chi connectivity index (χ1v) is 11.9. The number of anilines is 1. The largest absolute Gasteiger partial charge is 0.494 e. The molecule has 4 rings (SSSR count). The summed E-state index contributed by atoms with van der Waals surface area (Å²) in [5.74, 6) is 1.41. The highest BCUT2D eigenvalue weighted by Crippen LogP contribution is 2.38. The van der Waals surface area contributed by atoms with Crippen molar-refractivity contribution >= 4 is 33.2 Å². The van der Waals surface area contributed by atoms with Crippen LogP contribution in [-0.4, -0.2) is 31.1 Å². The number of amides is 1. The van der Waals surface area contributed by atoms with E-state index in [-0.39, 0.29) is 22.0 Å². The van der Waals surface area contributed by atoms with Crippen LogP contribution in [0.15, 0.2) is 51.9 Å². The highest BCUT2D eigenvalue weighted by Gasteiger charge is 2.28. The van der Waals surface area contributed by atoms with E-state index in [1.807, 2.05) is 6.92 Å². The highest BCUT2D eigenvalue weighted by atomic mass is 35.5. The molecule has 1 aliphatic rings. The summed E-state index contributed by atoms with van der Waals surface area (Å²) in [6.07, 6.45) is 2.08. The van der Waals surface area contributed by atoms with Crippen molar-refractivity contribution in [2.24, 2.45) is 0 Å². The van der Waals surface area contributed by atoms with Gasteiger partial charge < -0.3 is 14.6 Å². The first-order valence-electron chi connectivity index (χ1n) is 10.0. The third-order valence-corrected chi connectivity index (χ3v) is 6.59. The molecule has 11 heteroatoms. The average Bonchev–Trinajstić information content (AvgIpc) is 3.51. The number of nitrogens with zero attached hydrogens (tertiary/aromatic N) is 2. The number of benzene rings is 2. The van der Waals surface area contributed by atoms with E-state index in [0.717, 1.165) is 12.8 Å². The van der Waals surface area contributed by atoms with Crippen molar-refractivity contribution in [1.29, 1.82) is 0 Å².